The van der Waals surface area contributed by atoms with Gasteiger partial charge in [-0.05, 0) is 35.4 Å². The maximum absolute atomic E-state index is 13.1. The van der Waals surface area contributed by atoms with Crippen LogP contribution in [0.1, 0.15) is 22.8 Å². The van der Waals surface area contributed by atoms with Gasteiger partial charge in [-0.25, -0.2) is 0 Å². The first-order valence-electron chi connectivity index (χ1n) is 7.32. The van der Waals surface area contributed by atoms with Crippen LogP contribution in [0.15, 0.2) is 72.9 Å². The third-order valence-corrected chi connectivity index (χ3v) is 3.73. The van der Waals surface area contributed by atoms with Crippen molar-refractivity contribution < 1.29 is 18.3 Å². The molecular formula is C19H14F3NO. The molecular weight excluding hydrogens is 315 g/mol. The van der Waals surface area contributed by atoms with Crippen LogP contribution in [0.4, 0.5) is 13.2 Å². The van der Waals surface area contributed by atoms with Crippen LogP contribution in [0.3, 0.4) is 0 Å². The molecule has 0 amide bonds. The van der Waals surface area contributed by atoms with E-state index >= 15 is 0 Å². The number of alkyl halides is 3. The number of halogens is 3. The Hall–Kier alpha value is -2.66. The SMILES string of the molecule is OC(c1ccccc1)c1ccc(C(F)(F)F)cc1-c1ccccn1. The van der Waals surface area contributed by atoms with Gasteiger partial charge in [0.1, 0.15) is 6.10 Å². The number of benzene rings is 2. The second-order valence-electron chi connectivity index (χ2n) is 5.33. The fraction of sp³-hybridized carbons (Fsp3) is 0.105. The number of aliphatic hydroxyl groups is 1. The lowest BCUT2D eigenvalue weighted by Gasteiger charge is -2.18. The van der Waals surface area contributed by atoms with Gasteiger partial charge < -0.3 is 5.11 Å². The molecule has 1 heterocycles. The molecule has 0 aliphatic rings. The van der Waals surface area contributed by atoms with Gasteiger partial charge in [0.25, 0.3) is 0 Å². The van der Waals surface area contributed by atoms with Gasteiger partial charge in [0.2, 0.25) is 0 Å². The number of rotatable bonds is 3. The minimum Gasteiger partial charge on any atom is -0.384 e. The van der Waals surface area contributed by atoms with Crippen LogP contribution in [0, 0.1) is 0 Å². The number of nitrogens with zero attached hydrogens (tertiary/aromatic N) is 1. The van der Waals surface area contributed by atoms with Crippen molar-refractivity contribution in [1.29, 1.82) is 0 Å². The minimum absolute atomic E-state index is 0.266. The summed E-state index contributed by atoms with van der Waals surface area (Å²) in [5.41, 5.74) is 0.866. The summed E-state index contributed by atoms with van der Waals surface area (Å²) < 4.78 is 39.2. The molecule has 1 aromatic heterocycles. The maximum Gasteiger partial charge on any atom is 0.416 e. The van der Waals surface area contributed by atoms with Crippen molar-refractivity contribution in [1.82, 2.24) is 4.98 Å². The Kier molecular flexibility index (Phi) is 4.36. The van der Waals surface area contributed by atoms with Gasteiger partial charge in [-0.15, -0.1) is 0 Å². The third kappa shape index (κ3) is 3.31. The zero-order valence-electron chi connectivity index (χ0n) is 12.5. The van der Waals surface area contributed by atoms with Gasteiger partial charge in [-0.3, -0.25) is 4.98 Å². The molecule has 0 fully saturated rings. The van der Waals surface area contributed by atoms with Crippen molar-refractivity contribution in [2.75, 3.05) is 0 Å². The van der Waals surface area contributed by atoms with E-state index in [0.717, 1.165) is 12.1 Å². The van der Waals surface area contributed by atoms with Crippen LogP contribution in [0.25, 0.3) is 11.3 Å². The average molecular weight is 329 g/mol. The zero-order chi connectivity index (χ0) is 17.2. The second kappa shape index (κ2) is 6.45. The summed E-state index contributed by atoms with van der Waals surface area (Å²) >= 11 is 0. The van der Waals surface area contributed by atoms with E-state index in [-0.39, 0.29) is 5.56 Å². The molecule has 0 spiro atoms. The highest BCUT2D eigenvalue weighted by Crippen LogP contribution is 2.36. The molecule has 0 saturated carbocycles. The van der Waals surface area contributed by atoms with Crippen LogP contribution in [0.5, 0.6) is 0 Å². The summed E-state index contributed by atoms with van der Waals surface area (Å²) in [6.07, 6.45) is -3.99. The molecule has 2 aromatic carbocycles. The summed E-state index contributed by atoms with van der Waals surface area (Å²) in [4.78, 5) is 4.13. The molecule has 3 aromatic rings. The van der Waals surface area contributed by atoms with Crippen molar-refractivity contribution in [2.24, 2.45) is 0 Å². The van der Waals surface area contributed by atoms with Gasteiger partial charge in [0.05, 0.1) is 11.3 Å². The van der Waals surface area contributed by atoms with Crippen molar-refractivity contribution >= 4 is 0 Å². The van der Waals surface area contributed by atoms with Crippen LogP contribution in [-0.2, 0) is 6.18 Å². The van der Waals surface area contributed by atoms with Gasteiger partial charge in [-0.2, -0.15) is 13.2 Å². The Morgan fingerprint density at radius 3 is 2.21 bits per heavy atom. The van der Waals surface area contributed by atoms with E-state index < -0.39 is 17.8 Å². The molecule has 0 bridgehead atoms. The molecule has 0 saturated heterocycles. The molecule has 122 valence electrons. The number of aliphatic hydroxyl groups excluding tert-OH is 1. The summed E-state index contributed by atoms with van der Waals surface area (Å²) in [5.74, 6) is 0. The molecule has 5 heteroatoms. The summed E-state index contributed by atoms with van der Waals surface area (Å²) in [6, 6.07) is 17.1. The summed E-state index contributed by atoms with van der Waals surface area (Å²) in [6.45, 7) is 0. The molecule has 2 nitrogen and oxygen atoms in total. The van der Waals surface area contributed by atoms with E-state index in [1.807, 2.05) is 6.07 Å². The Morgan fingerprint density at radius 2 is 1.58 bits per heavy atom. The van der Waals surface area contributed by atoms with E-state index in [1.54, 1.807) is 42.5 Å². The van der Waals surface area contributed by atoms with E-state index in [1.165, 1.54) is 12.3 Å². The Labute approximate surface area is 137 Å². The fourth-order valence-corrected chi connectivity index (χ4v) is 2.53. The van der Waals surface area contributed by atoms with Crippen LogP contribution in [0.2, 0.25) is 0 Å². The van der Waals surface area contributed by atoms with Crippen LogP contribution >= 0.6 is 0 Å². The molecule has 24 heavy (non-hydrogen) atoms. The van der Waals surface area contributed by atoms with Crippen molar-refractivity contribution in [2.45, 2.75) is 12.3 Å². The Balaban J connectivity index is 2.15. The van der Waals surface area contributed by atoms with Crippen LogP contribution in [-0.4, -0.2) is 10.1 Å². The zero-order valence-corrected chi connectivity index (χ0v) is 12.5. The smallest absolute Gasteiger partial charge is 0.384 e. The fourth-order valence-electron chi connectivity index (χ4n) is 2.53. The Bertz CT molecular complexity index is 817. The molecule has 0 radical (unpaired) electrons. The molecule has 0 aliphatic heterocycles. The highest BCUT2D eigenvalue weighted by molar-refractivity contribution is 5.66. The minimum atomic E-state index is -4.46. The summed E-state index contributed by atoms with van der Waals surface area (Å²) in [7, 11) is 0. The van der Waals surface area contributed by atoms with E-state index in [4.69, 9.17) is 0 Å². The van der Waals surface area contributed by atoms with Crippen molar-refractivity contribution in [3.63, 3.8) is 0 Å². The number of pyridine rings is 1. The topological polar surface area (TPSA) is 33.1 Å². The first kappa shape index (κ1) is 16.2. The summed E-state index contributed by atoms with van der Waals surface area (Å²) in [5, 5.41) is 10.6. The lowest BCUT2D eigenvalue weighted by atomic mass is 9.93. The monoisotopic (exact) mass is 329 g/mol. The van der Waals surface area contributed by atoms with Gasteiger partial charge in [-0.1, -0.05) is 42.5 Å². The van der Waals surface area contributed by atoms with Crippen LogP contribution < -0.4 is 0 Å². The second-order valence-corrected chi connectivity index (χ2v) is 5.33. The first-order chi connectivity index (χ1) is 11.5. The lowest BCUT2D eigenvalue weighted by Crippen LogP contribution is -2.08. The predicted molar refractivity (Wildman–Crippen MR) is 85.2 cm³/mol. The van der Waals surface area contributed by atoms with Gasteiger partial charge >= 0.3 is 6.18 Å². The quantitative estimate of drug-likeness (QED) is 0.745. The van der Waals surface area contributed by atoms with Gasteiger partial charge in [0.15, 0.2) is 0 Å². The molecule has 3 rings (SSSR count). The first-order valence-corrected chi connectivity index (χ1v) is 7.32. The number of hydrogen-bond donors (Lipinski definition) is 1. The molecule has 1 unspecified atom stereocenters. The van der Waals surface area contributed by atoms with E-state index in [2.05, 4.69) is 4.98 Å². The van der Waals surface area contributed by atoms with E-state index in [0.29, 0.717) is 16.8 Å². The maximum atomic E-state index is 13.1. The molecule has 0 aliphatic carbocycles. The highest BCUT2D eigenvalue weighted by Gasteiger charge is 2.32. The number of hydrogen-bond acceptors (Lipinski definition) is 2. The van der Waals surface area contributed by atoms with E-state index in [9.17, 15) is 18.3 Å². The third-order valence-electron chi connectivity index (χ3n) is 3.73. The number of aromatic nitrogens is 1. The Morgan fingerprint density at radius 1 is 0.875 bits per heavy atom. The standard InChI is InChI=1S/C19H14F3NO/c20-19(21,22)14-9-10-15(18(24)13-6-2-1-3-7-13)16(12-14)17-8-4-5-11-23-17/h1-12,18,24H. The van der Waals surface area contributed by atoms with Crippen molar-refractivity contribution in [3.8, 4) is 11.3 Å². The van der Waals surface area contributed by atoms with Crippen molar-refractivity contribution in [3.05, 3.63) is 89.6 Å². The normalized spacial score (nSPS) is 12.8. The lowest BCUT2D eigenvalue weighted by molar-refractivity contribution is -0.137. The molecule has 1 atom stereocenters. The molecule has 1 N–H and O–H groups in total. The average Bonchev–Trinajstić information content (AvgIpc) is 2.61. The van der Waals surface area contributed by atoms with Gasteiger partial charge in [0, 0.05) is 11.8 Å². The highest BCUT2D eigenvalue weighted by atomic mass is 19.4. The predicted octanol–water partition coefficient (Wildman–Crippen LogP) is 4.85. The largest absolute Gasteiger partial charge is 0.416 e.